The van der Waals surface area contributed by atoms with Gasteiger partial charge in [0.1, 0.15) is 0 Å². The molecule has 1 aromatic rings. The molecule has 0 heterocycles. The van der Waals surface area contributed by atoms with Crippen LogP contribution in [0.5, 0.6) is 0 Å². The van der Waals surface area contributed by atoms with Crippen LogP contribution in [0.2, 0.25) is 0 Å². The van der Waals surface area contributed by atoms with Crippen LogP contribution in [0.3, 0.4) is 0 Å². The van der Waals surface area contributed by atoms with Gasteiger partial charge < -0.3 is 15.7 Å². The van der Waals surface area contributed by atoms with Crippen molar-refractivity contribution in [1.29, 1.82) is 0 Å². The zero-order chi connectivity index (χ0) is 17.1. The lowest BCUT2D eigenvalue weighted by Crippen LogP contribution is -2.43. The number of amides is 2. The molecule has 0 radical (unpaired) electrons. The van der Waals surface area contributed by atoms with E-state index in [0.717, 1.165) is 12.0 Å². The van der Waals surface area contributed by atoms with Crippen LogP contribution in [0.1, 0.15) is 38.2 Å². The Hall–Kier alpha value is -2.37. The number of nitrogens with one attached hydrogen (secondary N) is 2. The van der Waals surface area contributed by atoms with E-state index in [4.69, 9.17) is 5.11 Å². The Morgan fingerprint density at radius 2 is 1.78 bits per heavy atom. The average molecular weight is 320 g/mol. The minimum atomic E-state index is -0.895. The van der Waals surface area contributed by atoms with Gasteiger partial charge in [0.05, 0.1) is 6.54 Å². The van der Waals surface area contributed by atoms with Crippen molar-refractivity contribution in [3.8, 4) is 0 Å². The summed E-state index contributed by atoms with van der Waals surface area (Å²) in [6.45, 7) is 1.80. The second-order valence-electron chi connectivity index (χ2n) is 5.41. The Kier molecular flexibility index (Phi) is 8.42. The third kappa shape index (κ3) is 8.60. The molecule has 0 fully saturated rings. The second-order valence-corrected chi connectivity index (χ2v) is 5.41. The van der Waals surface area contributed by atoms with E-state index in [9.17, 15) is 14.4 Å². The molecule has 0 saturated heterocycles. The predicted molar refractivity (Wildman–Crippen MR) is 86.9 cm³/mol. The van der Waals surface area contributed by atoms with E-state index < -0.39 is 5.97 Å². The molecule has 0 aliphatic carbocycles. The summed E-state index contributed by atoms with van der Waals surface area (Å²) < 4.78 is 0. The maximum Gasteiger partial charge on any atom is 0.303 e. The summed E-state index contributed by atoms with van der Waals surface area (Å²) in [5, 5.41) is 14.2. The Morgan fingerprint density at radius 1 is 1.09 bits per heavy atom. The van der Waals surface area contributed by atoms with Crippen LogP contribution >= 0.6 is 0 Å². The van der Waals surface area contributed by atoms with Gasteiger partial charge >= 0.3 is 5.97 Å². The van der Waals surface area contributed by atoms with Gasteiger partial charge in [-0.15, -0.1) is 0 Å². The lowest BCUT2D eigenvalue weighted by atomic mass is 10.0. The van der Waals surface area contributed by atoms with Gasteiger partial charge in [-0.1, -0.05) is 37.3 Å². The third-order valence-electron chi connectivity index (χ3n) is 3.32. The number of carboxylic acid groups (broad SMARTS) is 1. The van der Waals surface area contributed by atoms with Crippen molar-refractivity contribution in [2.24, 2.45) is 0 Å². The Morgan fingerprint density at radius 3 is 2.39 bits per heavy atom. The minimum Gasteiger partial charge on any atom is -0.481 e. The molecular weight excluding hydrogens is 296 g/mol. The fourth-order valence-corrected chi connectivity index (χ4v) is 2.19. The molecule has 2 amide bonds. The highest BCUT2D eigenvalue weighted by Crippen LogP contribution is 2.08. The van der Waals surface area contributed by atoms with Crippen molar-refractivity contribution in [3.63, 3.8) is 0 Å². The minimum absolute atomic E-state index is 0.0139. The van der Waals surface area contributed by atoms with Crippen molar-refractivity contribution in [2.75, 3.05) is 6.54 Å². The number of rotatable bonds is 10. The molecule has 0 spiro atoms. The number of benzene rings is 1. The van der Waals surface area contributed by atoms with Crippen LogP contribution in [0.4, 0.5) is 0 Å². The van der Waals surface area contributed by atoms with Crippen molar-refractivity contribution in [3.05, 3.63) is 35.9 Å². The highest BCUT2D eigenvalue weighted by molar-refractivity contribution is 5.84. The zero-order valence-corrected chi connectivity index (χ0v) is 13.4. The van der Waals surface area contributed by atoms with Crippen LogP contribution in [0, 0.1) is 0 Å². The molecule has 0 saturated carbocycles. The lowest BCUT2D eigenvalue weighted by Gasteiger charge is -2.18. The molecule has 0 aliphatic heterocycles. The van der Waals surface area contributed by atoms with E-state index in [1.165, 1.54) is 0 Å². The quantitative estimate of drug-likeness (QED) is 0.609. The summed E-state index contributed by atoms with van der Waals surface area (Å²) >= 11 is 0. The first-order valence-corrected chi connectivity index (χ1v) is 7.83. The monoisotopic (exact) mass is 320 g/mol. The average Bonchev–Trinajstić information content (AvgIpc) is 2.52. The lowest BCUT2D eigenvalue weighted by molar-refractivity contribution is -0.137. The first-order valence-electron chi connectivity index (χ1n) is 7.83. The zero-order valence-electron chi connectivity index (χ0n) is 13.4. The largest absolute Gasteiger partial charge is 0.481 e. The number of hydrogen-bond donors (Lipinski definition) is 3. The van der Waals surface area contributed by atoms with Gasteiger partial charge in [0, 0.05) is 18.9 Å². The van der Waals surface area contributed by atoms with Crippen LogP contribution in [0.15, 0.2) is 30.3 Å². The first-order chi connectivity index (χ1) is 11.0. The number of carboxylic acids is 1. The summed E-state index contributed by atoms with van der Waals surface area (Å²) in [4.78, 5) is 34.1. The van der Waals surface area contributed by atoms with Gasteiger partial charge in [-0.05, 0) is 24.8 Å². The van der Waals surface area contributed by atoms with E-state index in [-0.39, 0.29) is 30.8 Å². The first kappa shape index (κ1) is 18.7. The van der Waals surface area contributed by atoms with Crippen LogP contribution in [-0.2, 0) is 20.8 Å². The number of carbonyl (C=O) groups excluding carboxylic acids is 2. The standard InChI is InChI=1S/C17H24N2O4/c1-2-6-15(20)18-12-16(21)19-14(9-10-17(22)23)11-13-7-4-3-5-8-13/h3-5,7-8,14H,2,6,9-12H2,1H3,(H,18,20)(H,19,21)(H,22,23). The smallest absolute Gasteiger partial charge is 0.303 e. The van der Waals surface area contributed by atoms with Gasteiger partial charge in [0.2, 0.25) is 11.8 Å². The number of aliphatic carboxylic acids is 1. The summed E-state index contributed by atoms with van der Waals surface area (Å²) in [5.74, 6) is -1.36. The molecular formula is C17H24N2O4. The van der Waals surface area contributed by atoms with Crippen molar-refractivity contribution >= 4 is 17.8 Å². The van der Waals surface area contributed by atoms with Gasteiger partial charge in [-0.3, -0.25) is 14.4 Å². The molecule has 0 bridgehead atoms. The Labute approximate surface area is 136 Å². The van der Waals surface area contributed by atoms with Crippen LogP contribution < -0.4 is 10.6 Å². The Bertz CT molecular complexity index is 517. The van der Waals surface area contributed by atoms with E-state index in [2.05, 4.69) is 10.6 Å². The molecule has 0 aliphatic rings. The van der Waals surface area contributed by atoms with Crippen molar-refractivity contribution in [1.82, 2.24) is 10.6 Å². The van der Waals surface area contributed by atoms with Gasteiger partial charge in [0.15, 0.2) is 0 Å². The SMILES string of the molecule is CCCC(=O)NCC(=O)NC(CCC(=O)O)Cc1ccccc1. The molecule has 1 rings (SSSR count). The second kappa shape index (κ2) is 10.4. The summed E-state index contributed by atoms with van der Waals surface area (Å²) in [6.07, 6.45) is 2.00. The predicted octanol–water partition coefficient (Wildman–Crippen LogP) is 1.50. The van der Waals surface area contributed by atoms with Crippen LogP contribution in [0.25, 0.3) is 0 Å². The van der Waals surface area contributed by atoms with Gasteiger partial charge in [-0.2, -0.15) is 0 Å². The molecule has 1 aromatic carbocycles. The molecule has 23 heavy (non-hydrogen) atoms. The molecule has 0 aromatic heterocycles. The maximum absolute atomic E-state index is 11.9. The summed E-state index contributed by atoms with van der Waals surface area (Å²) in [7, 11) is 0. The molecule has 1 unspecified atom stereocenters. The van der Waals surface area contributed by atoms with Gasteiger partial charge in [-0.25, -0.2) is 0 Å². The summed E-state index contributed by atoms with van der Waals surface area (Å²) in [6, 6.07) is 9.29. The van der Waals surface area contributed by atoms with Crippen molar-refractivity contribution < 1.29 is 19.5 Å². The normalized spacial score (nSPS) is 11.5. The van der Waals surface area contributed by atoms with E-state index in [0.29, 0.717) is 19.3 Å². The summed E-state index contributed by atoms with van der Waals surface area (Å²) in [5.41, 5.74) is 1.03. The van der Waals surface area contributed by atoms with Crippen LogP contribution in [-0.4, -0.2) is 35.5 Å². The molecule has 3 N–H and O–H groups in total. The molecule has 6 heteroatoms. The Balaban J connectivity index is 2.52. The molecule has 1 atom stereocenters. The number of carbonyl (C=O) groups is 3. The van der Waals surface area contributed by atoms with E-state index >= 15 is 0 Å². The topological polar surface area (TPSA) is 95.5 Å². The molecule has 126 valence electrons. The highest BCUT2D eigenvalue weighted by atomic mass is 16.4. The third-order valence-corrected chi connectivity index (χ3v) is 3.32. The van der Waals surface area contributed by atoms with Gasteiger partial charge in [0.25, 0.3) is 0 Å². The number of hydrogen-bond acceptors (Lipinski definition) is 3. The highest BCUT2D eigenvalue weighted by Gasteiger charge is 2.15. The molecule has 6 nitrogen and oxygen atoms in total. The van der Waals surface area contributed by atoms with E-state index in [1.807, 2.05) is 37.3 Å². The fraction of sp³-hybridized carbons (Fsp3) is 0.471. The van der Waals surface area contributed by atoms with Crippen molar-refractivity contribution in [2.45, 2.75) is 45.1 Å². The maximum atomic E-state index is 11.9. The fourth-order valence-electron chi connectivity index (χ4n) is 2.19. The van der Waals surface area contributed by atoms with E-state index in [1.54, 1.807) is 0 Å².